The summed E-state index contributed by atoms with van der Waals surface area (Å²) < 4.78 is 42.9. The first kappa shape index (κ1) is 19.7. The van der Waals surface area contributed by atoms with Gasteiger partial charge in [-0.3, -0.25) is 4.79 Å². The lowest BCUT2D eigenvalue weighted by Crippen LogP contribution is -2.56. The van der Waals surface area contributed by atoms with Crippen LogP contribution in [0.25, 0.3) is 0 Å². The number of ether oxygens (including phenoxy) is 1. The monoisotopic (exact) mass is 371 g/mol. The normalized spacial score (nSPS) is 21.6. The van der Waals surface area contributed by atoms with Gasteiger partial charge >= 0.3 is 0 Å². The van der Waals surface area contributed by atoms with E-state index in [1.54, 1.807) is 20.9 Å². The van der Waals surface area contributed by atoms with E-state index in [0.29, 0.717) is 18.6 Å². The highest BCUT2D eigenvalue weighted by atomic mass is 32.2. The van der Waals surface area contributed by atoms with Crippen LogP contribution in [-0.4, -0.2) is 49.4 Å². The molecule has 0 N–H and O–H groups in total. The molecular formula is C18H26FNO4S. The van der Waals surface area contributed by atoms with Gasteiger partial charge in [0, 0.05) is 19.3 Å². The second-order valence-corrected chi connectivity index (χ2v) is 9.47. The Hall–Kier alpha value is -1.63. The van der Waals surface area contributed by atoms with E-state index < -0.39 is 20.7 Å². The second-order valence-electron chi connectivity index (χ2n) is 7.20. The zero-order valence-corrected chi connectivity index (χ0v) is 16.0. The quantitative estimate of drug-likeness (QED) is 0.798. The molecule has 0 heterocycles. The number of carbonyl (C=O) groups excluding carboxylic acids is 1. The highest BCUT2D eigenvalue weighted by Crippen LogP contribution is 2.29. The highest BCUT2D eigenvalue weighted by Gasteiger charge is 2.41. The van der Waals surface area contributed by atoms with E-state index in [2.05, 4.69) is 0 Å². The van der Waals surface area contributed by atoms with Crippen LogP contribution in [0, 0.1) is 5.82 Å². The smallest absolute Gasteiger partial charge is 0.266 e. The van der Waals surface area contributed by atoms with Gasteiger partial charge in [-0.1, -0.05) is 12.8 Å². The van der Waals surface area contributed by atoms with Gasteiger partial charge in [-0.25, -0.2) is 12.8 Å². The fourth-order valence-electron chi connectivity index (χ4n) is 3.44. The van der Waals surface area contributed by atoms with Crippen LogP contribution in [-0.2, 0) is 14.6 Å². The molecule has 2 rings (SSSR count). The molecule has 0 radical (unpaired) electrons. The van der Waals surface area contributed by atoms with E-state index in [4.69, 9.17) is 4.74 Å². The number of rotatable bonds is 5. The van der Waals surface area contributed by atoms with E-state index in [1.807, 2.05) is 0 Å². The number of hydrogen-bond donors (Lipinski definition) is 0. The van der Waals surface area contributed by atoms with Crippen molar-refractivity contribution in [3.63, 3.8) is 0 Å². The first-order valence-electron chi connectivity index (χ1n) is 8.43. The predicted octanol–water partition coefficient (Wildman–Crippen LogP) is 2.80. The molecule has 140 valence electrons. The van der Waals surface area contributed by atoms with E-state index in [1.165, 1.54) is 35.4 Å². The van der Waals surface area contributed by atoms with E-state index in [0.717, 1.165) is 12.8 Å². The summed E-state index contributed by atoms with van der Waals surface area (Å²) in [6.07, 6.45) is 4.21. The molecule has 2 unspecified atom stereocenters. The lowest BCUT2D eigenvalue weighted by molar-refractivity contribution is -0.146. The molecule has 1 aromatic rings. The van der Waals surface area contributed by atoms with Crippen LogP contribution >= 0.6 is 0 Å². The Morgan fingerprint density at radius 1 is 1.20 bits per heavy atom. The third-order valence-corrected chi connectivity index (χ3v) is 6.39. The maximum absolute atomic E-state index is 13.0. The summed E-state index contributed by atoms with van der Waals surface area (Å²) in [6.45, 7) is 3.26. The molecule has 0 aliphatic heterocycles. The number of amides is 1. The first-order valence-corrected chi connectivity index (χ1v) is 10.4. The van der Waals surface area contributed by atoms with E-state index in [-0.39, 0.29) is 17.8 Å². The number of sulfone groups is 1. The van der Waals surface area contributed by atoms with Gasteiger partial charge in [0.25, 0.3) is 5.91 Å². The summed E-state index contributed by atoms with van der Waals surface area (Å²) in [4.78, 5) is 14.4. The first-order chi connectivity index (χ1) is 11.5. The maximum atomic E-state index is 13.0. The van der Waals surface area contributed by atoms with E-state index in [9.17, 15) is 17.6 Å². The largest absolute Gasteiger partial charge is 0.478 e. The molecule has 0 saturated heterocycles. The number of nitrogens with zero attached hydrogens (tertiary/aromatic N) is 1. The van der Waals surface area contributed by atoms with Crippen molar-refractivity contribution in [3.8, 4) is 5.75 Å². The lowest BCUT2D eigenvalue weighted by atomic mass is 9.92. The van der Waals surface area contributed by atoms with Gasteiger partial charge in [-0.05, 0) is 51.0 Å². The molecule has 2 atom stereocenters. The van der Waals surface area contributed by atoms with Crippen molar-refractivity contribution in [1.29, 1.82) is 0 Å². The van der Waals surface area contributed by atoms with Crippen LogP contribution in [0.15, 0.2) is 24.3 Å². The maximum Gasteiger partial charge on any atom is 0.266 e. The summed E-state index contributed by atoms with van der Waals surface area (Å²) >= 11 is 0. The Labute approximate surface area is 149 Å². The van der Waals surface area contributed by atoms with Crippen LogP contribution in [0.3, 0.4) is 0 Å². The average Bonchev–Trinajstić information content (AvgIpc) is 2.54. The van der Waals surface area contributed by atoms with E-state index >= 15 is 0 Å². The van der Waals surface area contributed by atoms with Crippen molar-refractivity contribution < 1.29 is 22.3 Å². The van der Waals surface area contributed by atoms with Crippen molar-refractivity contribution >= 4 is 15.7 Å². The van der Waals surface area contributed by atoms with Crippen molar-refractivity contribution in [2.75, 3.05) is 13.3 Å². The van der Waals surface area contributed by atoms with Gasteiger partial charge in [0.2, 0.25) is 0 Å². The Bertz CT molecular complexity index is 715. The summed E-state index contributed by atoms with van der Waals surface area (Å²) in [5.74, 6) is -0.291. The topological polar surface area (TPSA) is 63.7 Å². The molecule has 1 saturated carbocycles. The molecule has 0 spiro atoms. The van der Waals surface area contributed by atoms with Crippen LogP contribution < -0.4 is 4.74 Å². The number of halogens is 1. The zero-order valence-electron chi connectivity index (χ0n) is 15.2. The number of benzene rings is 1. The molecule has 0 aromatic heterocycles. The summed E-state index contributed by atoms with van der Waals surface area (Å²) in [5, 5.41) is -0.545. The Balaban J connectivity index is 2.17. The van der Waals surface area contributed by atoms with Crippen molar-refractivity contribution in [3.05, 3.63) is 30.1 Å². The Morgan fingerprint density at radius 2 is 1.76 bits per heavy atom. The minimum absolute atomic E-state index is 0.294. The SMILES string of the molecule is CN(C(=O)C(C)(C)Oc1ccc(F)cc1)C1CCCCC1S(C)(=O)=O. The van der Waals surface area contributed by atoms with Gasteiger partial charge in [-0.2, -0.15) is 0 Å². The minimum Gasteiger partial charge on any atom is -0.478 e. The third-order valence-electron chi connectivity index (χ3n) is 4.74. The van der Waals surface area contributed by atoms with Gasteiger partial charge in [0.05, 0.1) is 5.25 Å². The molecule has 1 aliphatic carbocycles. The highest BCUT2D eigenvalue weighted by molar-refractivity contribution is 7.91. The van der Waals surface area contributed by atoms with Gasteiger partial charge in [-0.15, -0.1) is 0 Å². The third kappa shape index (κ3) is 4.71. The number of hydrogen-bond acceptors (Lipinski definition) is 4. The van der Waals surface area contributed by atoms with Crippen LogP contribution in [0.1, 0.15) is 39.5 Å². The minimum atomic E-state index is -3.24. The Morgan fingerprint density at radius 3 is 2.32 bits per heavy atom. The van der Waals surface area contributed by atoms with Crippen LogP contribution in [0.2, 0.25) is 0 Å². The number of carbonyl (C=O) groups is 1. The fraction of sp³-hybridized carbons (Fsp3) is 0.611. The predicted molar refractivity (Wildman–Crippen MR) is 94.8 cm³/mol. The zero-order chi connectivity index (χ0) is 18.8. The van der Waals surface area contributed by atoms with Crippen LogP contribution in [0.4, 0.5) is 4.39 Å². The summed E-state index contributed by atoms with van der Waals surface area (Å²) in [7, 11) is -1.61. The molecule has 7 heteroatoms. The van der Waals surface area contributed by atoms with Gasteiger partial charge in [0.1, 0.15) is 11.6 Å². The van der Waals surface area contributed by atoms with Crippen molar-refractivity contribution in [2.45, 2.75) is 56.4 Å². The molecule has 25 heavy (non-hydrogen) atoms. The standard InChI is InChI=1S/C18H26FNO4S/c1-18(2,24-14-11-9-13(19)10-12-14)17(21)20(3)15-7-5-6-8-16(15)25(4,22)23/h9-12,15-16H,5-8H2,1-4H3. The van der Waals surface area contributed by atoms with Gasteiger partial charge in [0.15, 0.2) is 15.4 Å². The molecule has 0 bridgehead atoms. The second kappa shape index (κ2) is 7.32. The summed E-state index contributed by atoms with van der Waals surface area (Å²) in [5.41, 5.74) is -1.19. The van der Waals surface area contributed by atoms with Crippen molar-refractivity contribution in [1.82, 2.24) is 4.90 Å². The molecule has 1 amide bonds. The Kier molecular flexibility index (Phi) is 5.76. The molecule has 1 aromatic carbocycles. The van der Waals surface area contributed by atoms with Crippen LogP contribution in [0.5, 0.6) is 5.75 Å². The molecular weight excluding hydrogens is 345 g/mol. The van der Waals surface area contributed by atoms with Gasteiger partial charge < -0.3 is 9.64 Å². The molecule has 1 aliphatic rings. The summed E-state index contributed by atoms with van der Waals surface area (Å²) in [6, 6.07) is 5.10. The molecule has 5 nitrogen and oxygen atoms in total. The average molecular weight is 371 g/mol. The van der Waals surface area contributed by atoms with Crippen molar-refractivity contribution in [2.24, 2.45) is 0 Å². The molecule has 1 fully saturated rings. The lowest BCUT2D eigenvalue weighted by Gasteiger charge is -2.40. The number of likely N-dealkylation sites (N-methyl/N-ethyl adjacent to an activating group) is 1. The fourth-order valence-corrected chi connectivity index (χ4v) is 4.92.